The van der Waals surface area contributed by atoms with E-state index in [1.807, 2.05) is 42.5 Å². The van der Waals surface area contributed by atoms with Gasteiger partial charge in [0.05, 0.1) is 0 Å². The Kier molecular flexibility index (Phi) is 6.53. The van der Waals surface area contributed by atoms with Crippen molar-refractivity contribution in [3.05, 3.63) is 119 Å². The molecule has 0 atom stereocenters. The molecule has 0 aliphatic heterocycles. The van der Waals surface area contributed by atoms with Crippen molar-refractivity contribution in [1.29, 1.82) is 0 Å². The highest BCUT2D eigenvalue weighted by Gasteiger charge is 2.17. The number of aromatic nitrogens is 2. The largest absolute Gasteiger partial charge is 0.457 e. The van der Waals surface area contributed by atoms with Crippen LogP contribution >= 0.6 is 23.2 Å². The number of rotatable bonds is 5. The van der Waals surface area contributed by atoms with Crippen LogP contribution in [-0.2, 0) is 0 Å². The van der Waals surface area contributed by atoms with E-state index >= 15 is 0 Å². The molecule has 1 amide bonds. The highest BCUT2D eigenvalue weighted by molar-refractivity contribution is 6.30. The van der Waals surface area contributed by atoms with Gasteiger partial charge in [-0.05, 0) is 66.2 Å². The Hall–Kier alpha value is -4.06. The summed E-state index contributed by atoms with van der Waals surface area (Å²) in [5, 5.41) is 8.74. The molecule has 0 unspecified atom stereocenters. The first kappa shape index (κ1) is 22.7. The van der Waals surface area contributed by atoms with E-state index in [4.69, 9.17) is 27.9 Å². The molecule has 5 rings (SSSR count). The molecule has 0 fully saturated rings. The molecule has 172 valence electrons. The number of halogens is 2. The zero-order valence-electron chi connectivity index (χ0n) is 18.4. The fourth-order valence-electron chi connectivity index (χ4n) is 3.55. The van der Waals surface area contributed by atoms with E-state index < -0.39 is 0 Å². The summed E-state index contributed by atoms with van der Waals surface area (Å²) in [4.78, 5) is 13.0. The number of hydrogen-bond acceptors (Lipinski definition) is 3. The van der Waals surface area contributed by atoms with Gasteiger partial charge in [0.15, 0.2) is 0 Å². The van der Waals surface area contributed by atoms with Gasteiger partial charge in [0, 0.05) is 33.1 Å². The fourth-order valence-corrected chi connectivity index (χ4v) is 3.81. The van der Waals surface area contributed by atoms with Crippen molar-refractivity contribution in [2.24, 2.45) is 0 Å². The predicted molar refractivity (Wildman–Crippen MR) is 140 cm³/mol. The summed E-state index contributed by atoms with van der Waals surface area (Å²) in [5.74, 6) is 1.31. The SMILES string of the molecule is O=C(Nc1ccc(Oc2ccc(Cl)cc2)cc1)n1cc(-c2ccccc2)c(-c2ccc(Cl)cc2)n1. The maximum Gasteiger partial charge on any atom is 0.346 e. The second-order valence-corrected chi connectivity index (χ2v) is 8.59. The normalized spacial score (nSPS) is 10.7. The number of carbonyl (C=O) groups is 1. The van der Waals surface area contributed by atoms with Crippen molar-refractivity contribution in [2.75, 3.05) is 5.32 Å². The van der Waals surface area contributed by atoms with Crippen LogP contribution in [0.1, 0.15) is 0 Å². The van der Waals surface area contributed by atoms with Crippen molar-refractivity contribution in [3.63, 3.8) is 0 Å². The average molecular weight is 500 g/mol. The van der Waals surface area contributed by atoms with Crippen LogP contribution in [0.3, 0.4) is 0 Å². The summed E-state index contributed by atoms with van der Waals surface area (Å²) in [6, 6.07) is 31.0. The maximum absolute atomic E-state index is 13.0. The Labute approximate surface area is 212 Å². The summed E-state index contributed by atoms with van der Waals surface area (Å²) in [6.07, 6.45) is 1.73. The lowest BCUT2D eigenvalue weighted by molar-refractivity contribution is 0.251. The van der Waals surface area contributed by atoms with E-state index in [1.165, 1.54) is 4.68 Å². The fraction of sp³-hybridized carbons (Fsp3) is 0. The molecule has 0 bridgehead atoms. The third kappa shape index (κ3) is 5.38. The molecule has 0 aliphatic carbocycles. The quantitative estimate of drug-likeness (QED) is 0.264. The zero-order valence-corrected chi connectivity index (χ0v) is 19.9. The van der Waals surface area contributed by atoms with Gasteiger partial charge in [-0.1, -0.05) is 65.7 Å². The lowest BCUT2D eigenvalue weighted by atomic mass is 10.0. The number of amides is 1. The molecule has 0 saturated carbocycles. The molecule has 5 aromatic rings. The van der Waals surface area contributed by atoms with Crippen LogP contribution in [0.2, 0.25) is 10.0 Å². The second kappa shape index (κ2) is 10.1. The van der Waals surface area contributed by atoms with Crippen molar-refractivity contribution in [2.45, 2.75) is 0 Å². The minimum absolute atomic E-state index is 0.381. The summed E-state index contributed by atoms with van der Waals surface area (Å²) in [5.41, 5.74) is 3.97. The topological polar surface area (TPSA) is 56.1 Å². The van der Waals surface area contributed by atoms with E-state index in [0.717, 1.165) is 16.7 Å². The van der Waals surface area contributed by atoms with Gasteiger partial charge in [-0.3, -0.25) is 0 Å². The van der Waals surface area contributed by atoms with E-state index in [9.17, 15) is 4.79 Å². The second-order valence-electron chi connectivity index (χ2n) is 7.72. The van der Waals surface area contributed by atoms with Crippen molar-refractivity contribution >= 4 is 34.9 Å². The monoisotopic (exact) mass is 499 g/mol. The van der Waals surface area contributed by atoms with Gasteiger partial charge >= 0.3 is 6.03 Å². The van der Waals surface area contributed by atoms with Crippen LogP contribution < -0.4 is 10.1 Å². The molecule has 0 saturated heterocycles. The van der Waals surface area contributed by atoms with E-state index in [0.29, 0.717) is 32.9 Å². The van der Waals surface area contributed by atoms with Crippen LogP contribution in [0.4, 0.5) is 10.5 Å². The van der Waals surface area contributed by atoms with Gasteiger partial charge in [-0.25, -0.2) is 4.79 Å². The van der Waals surface area contributed by atoms with Crippen molar-refractivity contribution in [1.82, 2.24) is 9.78 Å². The van der Waals surface area contributed by atoms with Crippen LogP contribution in [0, 0.1) is 0 Å². The molecular formula is C28H19Cl2N3O2. The standard InChI is InChI=1S/C28H19Cl2N3O2/c29-21-8-6-20(7-9-21)27-26(19-4-2-1-3-5-19)18-33(32-27)28(34)31-23-12-16-25(17-13-23)35-24-14-10-22(30)11-15-24/h1-18H,(H,31,34). The first-order valence-electron chi connectivity index (χ1n) is 10.8. The number of ether oxygens (including phenoxy) is 1. The van der Waals surface area contributed by atoms with Gasteiger partial charge in [-0.15, -0.1) is 0 Å². The molecule has 0 spiro atoms. The van der Waals surface area contributed by atoms with E-state index in [-0.39, 0.29) is 6.03 Å². The molecule has 1 heterocycles. The molecule has 1 aromatic heterocycles. The van der Waals surface area contributed by atoms with Gasteiger partial charge in [0.1, 0.15) is 17.2 Å². The van der Waals surface area contributed by atoms with E-state index in [2.05, 4.69) is 10.4 Å². The number of benzene rings is 4. The van der Waals surface area contributed by atoms with Crippen LogP contribution in [-0.4, -0.2) is 15.8 Å². The van der Waals surface area contributed by atoms with Gasteiger partial charge in [0.2, 0.25) is 0 Å². The Balaban J connectivity index is 1.37. The Morgan fingerprint density at radius 2 is 1.29 bits per heavy atom. The van der Waals surface area contributed by atoms with Crippen molar-refractivity contribution < 1.29 is 9.53 Å². The third-order valence-electron chi connectivity index (χ3n) is 5.28. The molecule has 0 radical (unpaired) electrons. The molecule has 7 heteroatoms. The lowest BCUT2D eigenvalue weighted by Crippen LogP contribution is -2.19. The van der Waals surface area contributed by atoms with Crippen molar-refractivity contribution in [3.8, 4) is 33.9 Å². The summed E-state index contributed by atoms with van der Waals surface area (Å²) in [6.45, 7) is 0. The van der Waals surface area contributed by atoms with Crippen LogP contribution in [0.5, 0.6) is 11.5 Å². The highest BCUT2D eigenvalue weighted by Crippen LogP contribution is 2.32. The lowest BCUT2D eigenvalue weighted by Gasteiger charge is -2.08. The Bertz CT molecular complexity index is 1450. The predicted octanol–water partition coefficient (Wildman–Crippen LogP) is 8.40. The number of hydrogen-bond donors (Lipinski definition) is 1. The average Bonchev–Trinajstić information content (AvgIpc) is 3.33. The van der Waals surface area contributed by atoms with E-state index in [1.54, 1.807) is 66.9 Å². The van der Waals surface area contributed by atoms with Gasteiger partial charge in [-0.2, -0.15) is 9.78 Å². The molecule has 35 heavy (non-hydrogen) atoms. The summed E-state index contributed by atoms with van der Waals surface area (Å²) < 4.78 is 7.12. The Morgan fingerprint density at radius 1 is 0.714 bits per heavy atom. The molecule has 1 N–H and O–H groups in total. The summed E-state index contributed by atoms with van der Waals surface area (Å²) in [7, 11) is 0. The smallest absolute Gasteiger partial charge is 0.346 e. The number of carbonyl (C=O) groups excluding carboxylic acids is 1. The first-order valence-corrected chi connectivity index (χ1v) is 11.6. The van der Waals surface area contributed by atoms with Gasteiger partial charge in [0.25, 0.3) is 0 Å². The minimum Gasteiger partial charge on any atom is -0.457 e. The number of nitrogens with zero attached hydrogens (tertiary/aromatic N) is 2. The minimum atomic E-state index is -0.381. The molecular weight excluding hydrogens is 481 g/mol. The molecule has 4 aromatic carbocycles. The first-order chi connectivity index (χ1) is 17.0. The zero-order chi connectivity index (χ0) is 24.2. The van der Waals surface area contributed by atoms with Crippen LogP contribution in [0.25, 0.3) is 22.4 Å². The highest BCUT2D eigenvalue weighted by atomic mass is 35.5. The third-order valence-corrected chi connectivity index (χ3v) is 5.78. The summed E-state index contributed by atoms with van der Waals surface area (Å²) >= 11 is 12.0. The number of anilines is 1. The Morgan fingerprint density at radius 3 is 1.91 bits per heavy atom. The number of nitrogens with one attached hydrogen (secondary N) is 1. The van der Waals surface area contributed by atoms with Crippen LogP contribution in [0.15, 0.2) is 109 Å². The van der Waals surface area contributed by atoms with Gasteiger partial charge < -0.3 is 10.1 Å². The molecule has 5 nitrogen and oxygen atoms in total. The molecule has 0 aliphatic rings. The maximum atomic E-state index is 13.0.